The van der Waals surface area contributed by atoms with Gasteiger partial charge in [-0.2, -0.15) is 4.98 Å². The summed E-state index contributed by atoms with van der Waals surface area (Å²) in [6.07, 6.45) is -3.49. The van der Waals surface area contributed by atoms with E-state index in [9.17, 15) is 13.2 Å². The lowest BCUT2D eigenvalue weighted by Crippen LogP contribution is -2.16. The lowest BCUT2D eigenvalue weighted by molar-refractivity contribution is -0.274. The largest absolute Gasteiger partial charge is 0.573 e. The average molecular weight is 306 g/mol. The minimum Gasteiger partial charge on any atom is -0.437 e. The van der Waals surface area contributed by atoms with Crippen molar-refractivity contribution in [3.05, 3.63) is 35.7 Å². The molecule has 0 fully saturated rings. The van der Waals surface area contributed by atoms with E-state index in [4.69, 9.17) is 22.1 Å². The Morgan fingerprint density at radius 2 is 1.70 bits per heavy atom. The van der Waals surface area contributed by atoms with Crippen LogP contribution in [0.25, 0.3) is 0 Å². The molecule has 1 aromatic carbocycles. The quantitative estimate of drug-likeness (QED) is 0.880. The molecule has 1 heterocycles. The van der Waals surface area contributed by atoms with Crippen LogP contribution in [-0.4, -0.2) is 16.3 Å². The molecule has 2 aromatic rings. The third-order valence-electron chi connectivity index (χ3n) is 2.02. The van der Waals surface area contributed by atoms with E-state index in [-0.39, 0.29) is 28.3 Å². The first-order valence-electron chi connectivity index (χ1n) is 5.15. The monoisotopic (exact) mass is 305 g/mol. The Kier molecular flexibility index (Phi) is 3.84. The Morgan fingerprint density at radius 3 is 2.30 bits per heavy atom. The van der Waals surface area contributed by atoms with Crippen LogP contribution in [0.5, 0.6) is 17.4 Å². The van der Waals surface area contributed by atoms with Crippen LogP contribution in [-0.2, 0) is 0 Å². The predicted octanol–water partition coefficient (Wildman–Crippen LogP) is 3.40. The molecule has 0 spiro atoms. The number of hydrogen-bond donors (Lipinski definition) is 1. The number of alkyl halides is 3. The molecular weight excluding hydrogens is 299 g/mol. The van der Waals surface area contributed by atoms with E-state index < -0.39 is 6.36 Å². The van der Waals surface area contributed by atoms with Gasteiger partial charge in [-0.3, -0.25) is 0 Å². The van der Waals surface area contributed by atoms with Crippen LogP contribution in [0.4, 0.5) is 18.9 Å². The molecule has 0 aliphatic heterocycles. The first kappa shape index (κ1) is 14.2. The fourth-order valence-electron chi connectivity index (χ4n) is 1.26. The van der Waals surface area contributed by atoms with Gasteiger partial charge in [0.1, 0.15) is 17.2 Å². The van der Waals surface area contributed by atoms with E-state index in [1.165, 1.54) is 18.3 Å². The Morgan fingerprint density at radius 1 is 1.10 bits per heavy atom. The number of aromatic nitrogens is 2. The zero-order valence-corrected chi connectivity index (χ0v) is 10.4. The molecule has 0 atom stereocenters. The number of nitrogen functional groups attached to an aromatic ring is 1. The van der Waals surface area contributed by atoms with Crippen LogP contribution in [0.15, 0.2) is 30.5 Å². The van der Waals surface area contributed by atoms with Gasteiger partial charge in [-0.25, -0.2) is 4.98 Å². The first-order chi connectivity index (χ1) is 9.33. The second-order valence-corrected chi connectivity index (χ2v) is 3.86. The Labute approximate surface area is 116 Å². The highest BCUT2D eigenvalue weighted by Gasteiger charge is 2.30. The molecule has 20 heavy (non-hydrogen) atoms. The smallest absolute Gasteiger partial charge is 0.437 e. The van der Waals surface area contributed by atoms with E-state index in [2.05, 4.69) is 14.7 Å². The number of halogens is 4. The van der Waals surface area contributed by atoms with Gasteiger partial charge in [0.05, 0.1) is 6.20 Å². The standard InChI is InChI=1S/C11H7ClF3N3O2/c12-10-17-5-8(16)9(18-10)19-6-1-3-7(4-2-6)20-11(13,14)15/h1-5H,16H2. The van der Waals surface area contributed by atoms with Crippen molar-refractivity contribution in [2.24, 2.45) is 0 Å². The van der Waals surface area contributed by atoms with Crippen LogP contribution < -0.4 is 15.2 Å². The first-order valence-corrected chi connectivity index (χ1v) is 5.53. The normalized spacial score (nSPS) is 11.2. The lowest BCUT2D eigenvalue weighted by atomic mass is 10.3. The van der Waals surface area contributed by atoms with Gasteiger partial charge >= 0.3 is 6.36 Å². The summed E-state index contributed by atoms with van der Waals surface area (Å²) in [7, 11) is 0. The SMILES string of the molecule is Nc1cnc(Cl)nc1Oc1ccc(OC(F)(F)F)cc1. The summed E-state index contributed by atoms with van der Waals surface area (Å²) in [6.45, 7) is 0. The highest BCUT2D eigenvalue weighted by Crippen LogP contribution is 2.28. The van der Waals surface area contributed by atoms with Gasteiger partial charge in [-0.15, -0.1) is 13.2 Å². The van der Waals surface area contributed by atoms with Gasteiger partial charge in [0.25, 0.3) is 0 Å². The van der Waals surface area contributed by atoms with Crippen LogP contribution in [0.1, 0.15) is 0 Å². The van der Waals surface area contributed by atoms with Gasteiger partial charge in [0.15, 0.2) is 0 Å². The Balaban J connectivity index is 2.13. The maximum absolute atomic E-state index is 12.0. The van der Waals surface area contributed by atoms with E-state index in [1.807, 2.05) is 0 Å². The molecule has 0 aliphatic carbocycles. The van der Waals surface area contributed by atoms with Crippen molar-refractivity contribution < 1.29 is 22.6 Å². The van der Waals surface area contributed by atoms with Gasteiger partial charge in [-0.05, 0) is 35.9 Å². The van der Waals surface area contributed by atoms with Crippen molar-refractivity contribution in [2.45, 2.75) is 6.36 Å². The molecule has 1 aromatic heterocycles. The van der Waals surface area contributed by atoms with E-state index >= 15 is 0 Å². The van der Waals surface area contributed by atoms with Crippen molar-refractivity contribution in [2.75, 3.05) is 5.73 Å². The van der Waals surface area contributed by atoms with Crippen LogP contribution in [0.2, 0.25) is 5.28 Å². The summed E-state index contributed by atoms with van der Waals surface area (Å²) < 4.78 is 45.0. The van der Waals surface area contributed by atoms with Crippen molar-refractivity contribution in [3.8, 4) is 17.4 Å². The van der Waals surface area contributed by atoms with Gasteiger partial charge in [0, 0.05) is 0 Å². The van der Waals surface area contributed by atoms with Gasteiger partial charge in [0.2, 0.25) is 11.2 Å². The van der Waals surface area contributed by atoms with E-state index in [1.54, 1.807) is 0 Å². The summed E-state index contributed by atoms with van der Waals surface area (Å²) in [6, 6.07) is 4.75. The lowest BCUT2D eigenvalue weighted by Gasteiger charge is -2.10. The maximum Gasteiger partial charge on any atom is 0.573 e. The molecule has 0 radical (unpaired) electrons. The number of nitrogens with zero attached hydrogens (tertiary/aromatic N) is 2. The minimum absolute atomic E-state index is 0.00879. The summed E-state index contributed by atoms with van der Waals surface area (Å²) in [5.74, 6) is -0.131. The molecule has 0 saturated heterocycles. The highest BCUT2D eigenvalue weighted by molar-refractivity contribution is 6.28. The molecule has 2 N–H and O–H groups in total. The third kappa shape index (κ3) is 3.89. The zero-order valence-electron chi connectivity index (χ0n) is 9.69. The van der Waals surface area contributed by atoms with E-state index in [0.29, 0.717) is 0 Å². The molecule has 2 rings (SSSR count). The zero-order chi connectivity index (χ0) is 14.8. The minimum atomic E-state index is -4.74. The Hall–Kier alpha value is -2.22. The number of benzene rings is 1. The molecule has 0 saturated carbocycles. The fraction of sp³-hybridized carbons (Fsp3) is 0.0909. The van der Waals surface area contributed by atoms with Crippen LogP contribution in [0, 0.1) is 0 Å². The third-order valence-corrected chi connectivity index (χ3v) is 2.20. The highest BCUT2D eigenvalue weighted by atomic mass is 35.5. The average Bonchev–Trinajstić information content (AvgIpc) is 2.34. The summed E-state index contributed by atoms with van der Waals surface area (Å²) in [4.78, 5) is 7.39. The number of anilines is 1. The number of rotatable bonds is 3. The molecule has 0 amide bonds. The van der Waals surface area contributed by atoms with Crippen molar-refractivity contribution in [1.29, 1.82) is 0 Å². The van der Waals surface area contributed by atoms with Gasteiger partial charge in [-0.1, -0.05) is 0 Å². The van der Waals surface area contributed by atoms with Crippen molar-refractivity contribution in [3.63, 3.8) is 0 Å². The van der Waals surface area contributed by atoms with Crippen molar-refractivity contribution in [1.82, 2.24) is 9.97 Å². The summed E-state index contributed by atoms with van der Waals surface area (Å²) >= 11 is 5.58. The fourth-order valence-corrected chi connectivity index (χ4v) is 1.38. The molecule has 5 nitrogen and oxygen atoms in total. The topological polar surface area (TPSA) is 70.3 Å². The van der Waals surface area contributed by atoms with Crippen LogP contribution >= 0.6 is 11.6 Å². The second kappa shape index (κ2) is 5.41. The number of ether oxygens (including phenoxy) is 2. The van der Waals surface area contributed by atoms with Gasteiger partial charge < -0.3 is 15.2 Å². The molecule has 106 valence electrons. The summed E-state index contributed by atoms with van der Waals surface area (Å²) in [5.41, 5.74) is 5.71. The van der Waals surface area contributed by atoms with Crippen molar-refractivity contribution >= 4 is 17.3 Å². The Bertz CT molecular complexity index is 605. The second-order valence-electron chi connectivity index (χ2n) is 3.52. The molecule has 9 heteroatoms. The molecular formula is C11H7ClF3N3O2. The van der Waals surface area contributed by atoms with Crippen LogP contribution in [0.3, 0.4) is 0 Å². The summed E-state index contributed by atoms with van der Waals surface area (Å²) in [5, 5.41) is -0.0637. The number of nitrogens with two attached hydrogens (primary N) is 1. The number of hydrogen-bond acceptors (Lipinski definition) is 5. The molecule has 0 aliphatic rings. The molecule has 0 bridgehead atoms. The predicted molar refractivity (Wildman–Crippen MR) is 64.7 cm³/mol. The molecule has 0 unspecified atom stereocenters. The van der Waals surface area contributed by atoms with E-state index in [0.717, 1.165) is 12.1 Å². The maximum atomic E-state index is 12.0.